The Kier molecular flexibility index (Phi) is 8.29. The maximum absolute atomic E-state index is 13.4. The van der Waals surface area contributed by atoms with Crippen molar-refractivity contribution in [1.29, 1.82) is 0 Å². The van der Waals surface area contributed by atoms with E-state index in [0.29, 0.717) is 9.23 Å². The number of para-hydroxylation sites is 1. The van der Waals surface area contributed by atoms with Gasteiger partial charge in [0.1, 0.15) is 4.32 Å². The first-order chi connectivity index (χ1) is 17.6. The van der Waals surface area contributed by atoms with Crippen molar-refractivity contribution >= 4 is 52.0 Å². The van der Waals surface area contributed by atoms with Crippen LogP contribution in [-0.2, 0) is 4.79 Å². The van der Waals surface area contributed by atoms with Crippen LogP contribution in [-0.4, -0.2) is 36.7 Å². The Balaban J connectivity index is 1.47. The lowest BCUT2D eigenvalue weighted by Gasteiger charge is -2.29. The van der Waals surface area contributed by atoms with Crippen molar-refractivity contribution in [3.63, 3.8) is 0 Å². The molecule has 186 valence electrons. The van der Waals surface area contributed by atoms with Crippen LogP contribution >= 0.6 is 35.7 Å². The molecule has 1 aliphatic heterocycles. The number of hydrogen-bond acceptors (Lipinski definition) is 5. The molecule has 0 radical (unpaired) electrons. The fourth-order valence-corrected chi connectivity index (χ4v) is 7.14. The molecule has 1 amide bonds. The van der Waals surface area contributed by atoms with Gasteiger partial charge in [0.25, 0.3) is 5.91 Å². The van der Waals surface area contributed by atoms with E-state index in [9.17, 15) is 4.79 Å². The van der Waals surface area contributed by atoms with Gasteiger partial charge in [0.2, 0.25) is 0 Å². The van der Waals surface area contributed by atoms with Gasteiger partial charge in [-0.3, -0.25) is 9.69 Å². The SMILES string of the molecule is CCCCSc1ccc(-c2nn(-c3ccccc3)cc2C=C2SC(=S)N(C3CCCCC3)C2=O)cc1. The highest BCUT2D eigenvalue weighted by molar-refractivity contribution is 8.26. The molecule has 5 rings (SSSR count). The second-order valence-corrected chi connectivity index (χ2v) is 12.1. The van der Waals surface area contributed by atoms with Crippen LogP contribution in [0, 0.1) is 0 Å². The summed E-state index contributed by atoms with van der Waals surface area (Å²) in [4.78, 5) is 17.3. The highest BCUT2D eigenvalue weighted by Gasteiger charge is 2.37. The van der Waals surface area contributed by atoms with Gasteiger partial charge < -0.3 is 0 Å². The summed E-state index contributed by atoms with van der Waals surface area (Å²) in [7, 11) is 0. The van der Waals surface area contributed by atoms with E-state index in [1.54, 1.807) is 0 Å². The Bertz CT molecular complexity index is 1240. The molecule has 1 saturated heterocycles. The summed E-state index contributed by atoms with van der Waals surface area (Å²) in [5, 5.41) is 4.95. The Hall–Kier alpha value is -2.35. The van der Waals surface area contributed by atoms with Crippen molar-refractivity contribution < 1.29 is 4.79 Å². The van der Waals surface area contributed by atoms with E-state index < -0.39 is 0 Å². The van der Waals surface area contributed by atoms with Gasteiger partial charge in [-0.15, -0.1) is 11.8 Å². The number of amides is 1. The molecule has 2 heterocycles. The van der Waals surface area contributed by atoms with Crippen LogP contribution in [0.2, 0.25) is 0 Å². The van der Waals surface area contributed by atoms with E-state index in [2.05, 4.69) is 31.2 Å². The molecule has 1 aliphatic carbocycles. The average molecular weight is 534 g/mol. The largest absolute Gasteiger partial charge is 0.290 e. The third-order valence-corrected chi connectivity index (χ3v) is 9.14. The summed E-state index contributed by atoms with van der Waals surface area (Å²) in [6, 6.07) is 18.9. The topological polar surface area (TPSA) is 38.1 Å². The van der Waals surface area contributed by atoms with Gasteiger partial charge in [0.15, 0.2) is 0 Å². The van der Waals surface area contributed by atoms with Crippen LogP contribution in [0.15, 0.2) is 70.6 Å². The minimum atomic E-state index is 0.0398. The minimum Gasteiger partial charge on any atom is -0.290 e. The highest BCUT2D eigenvalue weighted by atomic mass is 32.2. The number of thiocarbonyl (C=S) groups is 1. The second kappa shape index (κ2) is 11.8. The molecule has 2 fully saturated rings. The number of aromatic nitrogens is 2. The minimum absolute atomic E-state index is 0.0398. The lowest BCUT2D eigenvalue weighted by atomic mass is 9.94. The fourth-order valence-electron chi connectivity index (χ4n) is 4.75. The molecule has 0 spiro atoms. The zero-order chi connectivity index (χ0) is 24.9. The van der Waals surface area contributed by atoms with Crippen LogP contribution in [0.4, 0.5) is 0 Å². The summed E-state index contributed by atoms with van der Waals surface area (Å²) in [6.45, 7) is 2.22. The average Bonchev–Trinajstić information content (AvgIpc) is 3.46. The van der Waals surface area contributed by atoms with Gasteiger partial charge in [0.05, 0.1) is 16.3 Å². The number of rotatable bonds is 8. The number of hydrogen-bond donors (Lipinski definition) is 0. The van der Waals surface area contributed by atoms with E-state index >= 15 is 0 Å². The van der Waals surface area contributed by atoms with Gasteiger partial charge in [-0.25, -0.2) is 4.68 Å². The zero-order valence-electron chi connectivity index (χ0n) is 20.6. The van der Waals surface area contributed by atoms with Crippen LogP contribution in [0.25, 0.3) is 23.0 Å². The van der Waals surface area contributed by atoms with Crippen molar-refractivity contribution in [1.82, 2.24) is 14.7 Å². The Morgan fingerprint density at radius 3 is 2.56 bits per heavy atom. The highest BCUT2D eigenvalue weighted by Crippen LogP contribution is 2.38. The first-order valence-corrected chi connectivity index (χ1v) is 15.0. The molecular formula is C29H31N3OS3. The van der Waals surface area contributed by atoms with E-state index in [1.165, 1.54) is 48.8 Å². The van der Waals surface area contributed by atoms with Crippen molar-refractivity contribution in [2.45, 2.75) is 62.8 Å². The van der Waals surface area contributed by atoms with E-state index in [-0.39, 0.29) is 11.9 Å². The van der Waals surface area contributed by atoms with Gasteiger partial charge in [0, 0.05) is 28.3 Å². The van der Waals surface area contributed by atoms with E-state index in [1.807, 2.05) is 63.9 Å². The predicted molar refractivity (Wildman–Crippen MR) is 157 cm³/mol. The molecule has 7 heteroatoms. The number of unbranched alkanes of at least 4 members (excludes halogenated alkanes) is 1. The molecule has 1 aromatic heterocycles. The predicted octanol–water partition coefficient (Wildman–Crippen LogP) is 7.97. The lowest BCUT2D eigenvalue weighted by Crippen LogP contribution is -2.39. The third kappa shape index (κ3) is 5.63. The summed E-state index contributed by atoms with van der Waals surface area (Å²) < 4.78 is 2.58. The van der Waals surface area contributed by atoms with Crippen LogP contribution in [0.3, 0.4) is 0 Å². The quantitative estimate of drug-likeness (QED) is 0.127. The van der Waals surface area contributed by atoms with Crippen molar-refractivity contribution in [3.8, 4) is 16.9 Å². The fraction of sp³-hybridized carbons (Fsp3) is 0.345. The number of nitrogens with zero attached hydrogens (tertiary/aromatic N) is 3. The molecule has 36 heavy (non-hydrogen) atoms. The molecular weight excluding hydrogens is 503 g/mol. The zero-order valence-corrected chi connectivity index (χ0v) is 23.0. The molecule has 0 N–H and O–H groups in total. The number of thioether (sulfide) groups is 2. The van der Waals surface area contributed by atoms with Crippen LogP contribution in [0.5, 0.6) is 0 Å². The summed E-state index contributed by atoms with van der Waals surface area (Å²) in [6.07, 6.45) is 12.1. The number of carbonyl (C=O) groups excluding carboxylic acids is 1. The Morgan fingerprint density at radius 1 is 1.08 bits per heavy atom. The van der Waals surface area contributed by atoms with Crippen LogP contribution in [0.1, 0.15) is 57.4 Å². The number of carbonyl (C=O) groups is 1. The Morgan fingerprint density at radius 2 is 1.83 bits per heavy atom. The molecule has 2 aliphatic rings. The van der Waals surface area contributed by atoms with Crippen molar-refractivity contribution in [3.05, 3.63) is 71.3 Å². The number of benzene rings is 2. The van der Waals surface area contributed by atoms with Crippen molar-refractivity contribution in [2.75, 3.05) is 5.75 Å². The normalized spacial score (nSPS) is 17.9. The smallest absolute Gasteiger partial charge is 0.266 e. The van der Waals surface area contributed by atoms with Gasteiger partial charge in [-0.05, 0) is 55.4 Å². The molecule has 0 bridgehead atoms. The maximum Gasteiger partial charge on any atom is 0.266 e. The standard InChI is InChI=1S/C29H31N3OS3/c1-2-3-18-35-25-16-14-21(15-17-25)27-22(20-31(30-27)23-10-6-4-7-11-23)19-26-28(33)32(29(34)36-26)24-12-8-5-9-13-24/h4,6-7,10-11,14-17,19-20,24H,2-3,5,8-9,12-13,18H2,1H3. The third-order valence-electron chi connectivity index (χ3n) is 6.71. The monoisotopic (exact) mass is 533 g/mol. The van der Waals surface area contributed by atoms with Gasteiger partial charge >= 0.3 is 0 Å². The molecule has 0 atom stereocenters. The van der Waals surface area contributed by atoms with E-state index in [0.717, 1.165) is 41.1 Å². The van der Waals surface area contributed by atoms with Crippen LogP contribution < -0.4 is 0 Å². The second-order valence-electron chi connectivity index (χ2n) is 9.28. The summed E-state index contributed by atoms with van der Waals surface area (Å²) in [5.41, 5.74) is 3.82. The maximum atomic E-state index is 13.4. The Labute approximate surface area is 227 Å². The first kappa shape index (κ1) is 25.3. The molecule has 2 aromatic carbocycles. The lowest BCUT2D eigenvalue weighted by molar-refractivity contribution is -0.124. The molecule has 0 unspecified atom stereocenters. The molecule has 4 nitrogen and oxygen atoms in total. The molecule has 3 aromatic rings. The van der Waals surface area contributed by atoms with Crippen molar-refractivity contribution in [2.24, 2.45) is 0 Å². The van der Waals surface area contributed by atoms with E-state index in [4.69, 9.17) is 17.3 Å². The molecule has 1 saturated carbocycles. The van der Waals surface area contributed by atoms with Gasteiger partial charge in [-0.1, -0.05) is 86.9 Å². The van der Waals surface area contributed by atoms with Gasteiger partial charge in [-0.2, -0.15) is 5.10 Å². The summed E-state index contributed by atoms with van der Waals surface area (Å²) >= 11 is 8.97. The first-order valence-electron chi connectivity index (χ1n) is 12.8. The summed E-state index contributed by atoms with van der Waals surface area (Å²) in [5.74, 6) is 1.17.